The number of aromatic nitrogens is 2. The van der Waals surface area contributed by atoms with Gasteiger partial charge in [0.25, 0.3) is 10.0 Å². The van der Waals surface area contributed by atoms with Crippen LogP contribution in [0.25, 0.3) is 11.0 Å². The molecule has 10 heteroatoms. The molecular formula is C24H25N5O4S. The minimum absolute atomic E-state index is 0.126. The first-order valence-electron chi connectivity index (χ1n) is 11.1. The first kappa shape index (κ1) is 22.2. The van der Waals surface area contributed by atoms with E-state index in [1.807, 2.05) is 14.0 Å². The zero-order valence-corrected chi connectivity index (χ0v) is 19.7. The second kappa shape index (κ2) is 8.02. The Balaban J connectivity index is 1.51. The first-order chi connectivity index (χ1) is 16.2. The zero-order valence-electron chi connectivity index (χ0n) is 18.9. The summed E-state index contributed by atoms with van der Waals surface area (Å²) in [6.07, 6.45) is 3.68. The number of carboxylic acid groups (broad SMARTS) is 1. The van der Waals surface area contributed by atoms with Crippen LogP contribution >= 0.6 is 0 Å². The van der Waals surface area contributed by atoms with Gasteiger partial charge in [-0.3, -0.25) is 0 Å². The van der Waals surface area contributed by atoms with Crippen LogP contribution in [-0.2, 0) is 10.0 Å². The van der Waals surface area contributed by atoms with Gasteiger partial charge in [-0.25, -0.2) is 22.2 Å². The van der Waals surface area contributed by atoms with Crippen LogP contribution in [0.5, 0.6) is 0 Å². The molecule has 1 aliphatic carbocycles. The first-order valence-corrected chi connectivity index (χ1v) is 12.6. The number of pyridine rings is 1. The predicted octanol–water partition coefficient (Wildman–Crippen LogP) is 3.28. The SMILES string of the molecule is Cc1ccc(S(=O)(=O)n2ccc3c(N(C)[C@H]4C[C@@H]5CN(C(=O)O)C[C@@H]5C4)c(C#N)cnc32)cc1. The molecule has 0 spiro atoms. The zero-order chi connectivity index (χ0) is 24.2. The number of amides is 1. The lowest BCUT2D eigenvalue weighted by molar-refractivity contribution is 0.152. The van der Waals surface area contributed by atoms with E-state index in [9.17, 15) is 23.6 Å². The van der Waals surface area contributed by atoms with E-state index in [4.69, 9.17) is 0 Å². The maximum Gasteiger partial charge on any atom is 0.407 e. The molecule has 0 bridgehead atoms. The molecule has 0 radical (unpaired) electrons. The maximum absolute atomic E-state index is 13.3. The van der Waals surface area contributed by atoms with Crippen molar-refractivity contribution in [3.8, 4) is 6.07 Å². The molecule has 3 aromatic rings. The summed E-state index contributed by atoms with van der Waals surface area (Å²) in [5.74, 6) is 0.579. The number of hydrogen-bond acceptors (Lipinski definition) is 6. The Bertz CT molecular complexity index is 1410. The molecule has 1 aliphatic heterocycles. The number of likely N-dealkylation sites (tertiary alicyclic amines) is 1. The summed E-state index contributed by atoms with van der Waals surface area (Å²) in [4.78, 5) is 19.4. The molecule has 0 unspecified atom stereocenters. The summed E-state index contributed by atoms with van der Waals surface area (Å²) in [6.45, 7) is 2.96. The molecule has 1 amide bonds. The van der Waals surface area contributed by atoms with Crippen molar-refractivity contribution in [3.63, 3.8) is 0 Å². The standard InChI is InChI=1S/C24H25N5O4S/c1-15-3-5-20(6-4-15)34(32,33)29-8-7-21-22(18(11-25)12-26-23(21)29)27(2)19-9-16-13-28(24(30)31)14-17(16)10-19/h3-8,12,16-17,19H,9-10,13-14H2,1-2H3,(H,30,31)/t16-,17+,19+. The van der Waals surface area contributed by atoms with Crippen molar-refractivity contribution in [2.75, 3.05) is 25.0 Å². The van der Waals surface area contributed by atoms with E-state index < -0.39 is 16.1 Å². The van der Waals surface area contributed by atoms with E-state index in [0.717, 1.165) is 18.4 Å². The van der Waals surface area contributed by atoms with Gasteiger partial charge >= 0.3 is 6.09 Å². The van der Waals surface area contributed by atoms with Crippen LogP contribution in [0, 0.1) is 30.1 Å². The number of fused-ring (bicyclic) bond motifs is 2. The Morgan fingerprint density at radius 3 is 2.41 bits per heavy atom. The summed E-state index contributed by atoms with van der Waals surface area (Å²) in [5.41, 5.74) is 2.27. The summed E-state index contributed by atoms with van der Waals surface area (Å²) >= 11 is 0. The molecule has 2 fully saturated rings. The van der Waals surface area contributed by atoms with E-state index in [1.165, 1.54) is 21.3 Å². The van der Waals surface area contributed by atoms with Crippen LogP contribution in [0.4, 0.5) is 10.5 Å². The van der Waals surface area contributed by atoms with E-state index in [-0.39, 0.29) is 28.4 Å². The number of benzene rings is 1. The number of carbonyl (C=O) groups is 1. The van der Waals surface area contributed by atoms with Crippen LogP contribution < -0.4 is 4.90 Å². The largest absolute Gasteiger partial charge is 0.465 e. The van der Waals surface area contributed by atoms with Gasteiger partial charge in [0, 0.05) is 44.0 Å². The Morgan fingerprint density at radius 2 is 1.82 bits per heavy atom. The highest BCUT2D eigenvalue weighted by Crippen LogP contribution is 2.42. The molecule has 1 aromatic carbocycles. The van der Waals surface area contributed by atoms with Gasteiger partial charge < -0.3 is 14.9 Å². The summed E-state index contributed by atoms with van der Waals surface area (Å²) in [7, 11) is -1.94. The van der Waals surface area contributed by atoms with Crippen LogP contribution in [0.2, 0.25) is 0 Å². The van der Waals surface area contributed by atoms with Crippen LogP contribution in [-0.4, -0.2) is 59.7 Å². The average Bonchev–Trinajstić information content (AvgIpc) is 3.51. The van der Waals surface area contributed by atoms with E-state index in [2.05, 4.69) is 16.0 Å². The van der Waals surface area contributed by atoms with Crippen LogP contribution in [0.1, 0.15) is 24.0 Å². The molecular weight excluding hydrogens is 454 g/mol. The lowest BCUT2D eigenvalue weighted by atomic mass is 10.0. The number of anilines is 1. The number of hydrogen-bond donors (Lipinski definition) is 1. The van der Waals surface area contributed by atoms with Crippen LogP contribution in [0.3, 0.4) is 0 Å². The normalized spacial score (nSPS) is 22.0. The maximum atomic E-state index is 13.3. The van der Waals surface area contributed by atoms with Gasteiger partial charge in [-0.1, -0.05) is 17.7 Å². The second-order valence-electron chi connectivity index (χ2n) is 9.24. The van der Waals surface area contributed by atoms with Crippen molar-refractivity contribution in [1.82, 2.24) is 13.9 Å². The molecule has 34 heavy (non-hydrogen) atoms. The second-order valence-corrected chi connectivity index (χ2v) is 11.1. The summed E-state index contributed by atoms with van der Waals surface area (Å²) < 4.78 is 27.8. The van der Waals surface area contributed by atoms with Crippen molar-refractivity contribution in [2.45, 2.75) is 30.7 Å². The molecule has 3 heterocycles. The third kappa shape index (κ3) is 3.47. The van der Waals surface area contributed by atoms with Crippen molar-refractivity contribution in [1.29, 1.82) is 5.26 Å². The smallest absolute Gasteiger partial charge is 0.407 e. The Labute approximate surface area is 197 Å². The third-order valence-electron chi connectivity index (χ3n) is 7.25. The predicted molar refractivity (Wildman–Crippen MR) is 126 cm³/mol. The molecule has 9 nitrogen and oxygen atoms in total. The fourth-order valence-electron chi connectivity index (χ4n) is 5.45. The van der Waals surface area contributed by atoms with E-state index >= 15 is 0 Å². The number of aryl methyl sites for hydroxylation is 1. The topological polar surface area (TPSA) is 120 Å². The Hall–Kier alpha value is -3.58. The fraction of sp³-hybridized carbons (Fsp3) is 0.375. The quantitative estimate of drug-likeness (QED) is 0.610. The van der Waals surface area contributed by atoms with Gasteiger partial charge in [0.15, 0.2) is 5.65 Å². The third-order valence-corrected chi connectivity index (χ3v) is 8.93. The highest BCUT2D eigenvalue weighted by Gasteiger charge is 2.44. The van der Waals surface area contributed by atoms with Crippen molar-refractivity contribution < 1.29 is 18.3 Å². The molecule has 1 N–H and O–H groups in total. The van der Waals surface area contributed by atoms with Gasteiger partial charge in [0.2, 0.25) is 0 Å². The Morgan fingerprint density at radius 1 is 1.18 bits per heavy atom. The van der Waals surface area contributed by atoms with E-state index in [1.54, 1.807) is 30.3 Å². The molecule has 5 rings (SSSR count). The van der Waals surface area contributed by atoms with Gasteiger partial charge in [-0.15, -0.1) is 0 Å². The average molecular weight is 480 g/mol. The van der Waals surface area contributed by atoms with Crippen LogP contribution in [0.15, 0.2) is 47.6 Å². The van der Waals surface area contributed by atoms with Gasteiger partial charge in [-0.2, -0.15) is 5.26 Å². The van der Waals surface area contributed by atoms with Crippen molar-refractivity contribution >= 4 is 32.8 Å². The summed E-state index contributed by atoms with van der Waals surface area (Å²) in [5, 5.41) is 19.7. The lowest BCUT2D eigenvalue weighted by Crippen LogP contribution is -2.34. The highest BCUT2D eigenvalue weighted by molar-refractivity contribution is 7.90. The fourth-order valence-corrected chi connectivity index (χ4v) is 6.75. The van der Waals surface area contributed by atoms with Gasteiger partial charge in [-0.05, 0) is 49.8 Å². The van der Waals surface area contributed by atoms with Gasteiger partial charge in [0.1, 0.15) is 6.07 Å². The highest BCUT2D eigenvalue weighted by atomic mass is 32.2. The number of nitriles is 1. The molecule has 3 atom stereocenters. The molecule has 1 saturated heterocycles. The Kier molecular flexibility index (Phi) is 5.24. The van der Waals surface area contributed by atoms with E-state index in [0.29, 0.717) is 29.7 Å². The van der Waals surface area contributed by atoms with Crippen molar-refractivity contribution in [2.24, 2.45) is 11.8 Å². The number of nitrogens with zero attached hydrogens (tertiary/aromatic N) is 5. The molecule has 2 aliphatic rings. The number of rotatable bonds is 4. The molecule has 1 saturated carbocycles. The minimum atomic E-state index is -3.86. The molecule has 176 valence electrons. The summed E-state index contributed by atoms with van der Waals surface area (Å²) in [6, 6.07) is 10.7. The lowest BCUT2D eigenvalue weighted by Gasteiger charge is -2.29. The molecule has 2 aromatic heterocycles. The minimum Gasteiger partial charge on any atom is -0.465 e. The van der Waals surface area contributed by atoms with Gasteiger partial charge in [0.05, 0.1) is 16.1 Å². The monoisotopic (exact) mass is 479 g/mol. The van der Waals surface area contributed by atoms with Crippen molar-refractivity contribution in [3.05, 3.63) is 53.9 Å².